The molecule has 5 nitrogen and oxygen atoms in total. The number of aryl methyl sites for hydroxylation is 1. The van der Waals surface area contributed by atoms with Crippen LogP contribution in [0.5, 0.6) is 0 Å². The summed E-state index contributed by atoms with van der Waals surface area (Å²) < 4.78 is 2.56. The Kier molecular flexibility index (Phi) is 6.88. The number of hydrogen-bond donors (Lipinski definition) is 1. The summed E-state index contributed by atoms with van der Waals surface area (Å²) in [4.78, 5) is 17.7. The van der Waals surface area contributed by atoms with E-state index in [0.717, 1.165) is 26.9 Å². The lowest BCUT2D eigenvalue weighted by atomic mass is 10.0. The van der Waals surface area contributed by atoms with Crippen LogP contribution in [0.25, 0.3) is 17.1 Å². The number of nitrogens with one attached hydrogen (secondary N) is 1. The molecule has 0 atom stereocenters. The second-order valence-electron chi connectivity index (χ2n) is 7.96. The third-order valence-electron chi connectivity index (χ3n) is 5.18. The standard InChI is InChI=1S/C25H21BrCl2N4O/c1-14(2)20-12-17(26)8-10-22(20)29-25(33)23-30-24(16-5-4-6-18(27)11-16)32(31-23)19-9-7-15(3)21(28)13-19/h4-14H,1-3H3,(H,29,33). The molecular formula is C25H21BrCl2N4O. The van der Waals surface area contributed by atoms with Gasteiger partial charge in [-0.3, -0.25) is 4.79 Å². The topological polar surface area (TPSA) is 59.8 Å². The molecule has 4 aromatic rings. The first-order valence-electron chi connectivity index (χ1n) is 10.3. The summed E-state index contributed by atoms with van der Waals surface area (Å²) in [6, 6.07) is 18.6. The van der Waals surface area contributed by atoms with Crippen LogP contribution < -0.4 is 5.32 Å². The predicted molar refractivity (Wildman–Crippen MR) is 138 cm³/mol. The van der Waals surface area contributed by atoms with Crippen molar-refractivity contribution in [3.8, 4) is 17.1 Å². The van der Waals surface area contributed by atoms with Gasteiger partial charge in [-0.25, -0.2) is 9.67 Å². The number of anilines is 1. The smallest absolute Gasteiger partial charge is 0.295 e. The molecule has 8 heteroatoms. The van der Waals surface area contributed by atoms with Crippen molar-refractivity contribution in [2.75, 3.05) is 5.32 Å². The maximum Gasteiger partial charge on any atom is 0.295 e. The molecule has 0 fully saturated rings. The molecule has 0 radical (unpaired) electrons. The first kappa shape index (κ1) is 23.5. The Morgan fingerprint density at radius 1 is 1.06 bits per heavy atom. The van der Waals surface area contributed by atoms with Gasteiger partial charge in [0, 0.05) is 25.8 Å². The normalized spacial score (nSPS) is 11.1. The third kappa shape index (κ3) is 5.13. The zero-order valence-electron chi connectivity index (χ0n) is 18.2. The van der Waals surface area contributed by atoms with Crippen LogP contribution in [0.1, 0.15) is 41.5 Å². The van der Waals surface area contributed by atoms with Crippen LogP contribution >= 0.6 is 39.1 Å². The van der Waals surface area contributed by atoms with Crippen molar-refractivity contribution >= 4 is 50.7 Å². The van der Waals surface area contributed by atoms with Crippen LogP contribution in [0, 0.1) is 6.92 Å². The fourth-order valence-corrected chi connectivity index (χ4v) is 4.16. The predicted octanol–water partition coefficient (Wildman–Crippen LogP) is 7.69. The molecule has 33 heavy (non-hydrogen) atoms. The molecule has 0 saturated heterocycles. The first-order valence-corrected chi connectivity index (χ1v) is 11.9. The molecule has 1 heterocycles. The van der Waals surface area contributed by atoms with Gasteiger partial charge in [0.25, 0.3) is 5.91 Å². The lowest BCUT2D eigenvalue weighted by Crippen LogP contribution is -2.16. The SMILES string of the molecule is Cc1ccc(-n2nc(C(=O)Nc3ccc(Br)cc3C(C)C)nc2-c2cccc(Cl)c2)cc1Cl. The van der Waals surface area contributed by atoms with Gasteiger partial charge in [-0.2, -0.15) is 0 Å². The molecule has 3 aromatic carbocycles. The molecule has 168 valence electrons. The maximum absolute atomic E-state index is 13.2. The molecule has 4 rings (SSSR count). The summed E-state index contributed by atoms with van der Waals surface area (Å²) in [6.45, 7) is 6.07. The molecule has 0 spiro atoms. The van der Waals surface area contributed by atoms with Gasteiger partial charge in [0.15, 0.2) is 5.82 Å². The van der Waals surface area contributed by atoms with E-state index in [4.69, 9.17) is 23.2 Å². The van der Waals surface area contributed by atoms with Crippen molar-refractivity contribution in [2.45, 2.75) is 26.7 Å². The zero-order valence-corrected chi connectivity index (χ0v) is 21.3. The Labute approximate surface area is 210 Å². The Morgan fingerprint density at radius 2 is 1.85 bits per heavy atom. The van der Waals surface area contributed by atoms with E-state index in [2.05, 4.69) is 45.2 Å². The number of carbonyl (C=O) groups is 1. The van der Waals surface area contributed by atoms with Gasteiger partial charge >= 0.3 is 0 Å². The van der Waals surface area contributed by atoms with Gasteiger partial charge in [0.05, 0.1) is 5.69 Å². The summed E-state index contributed by atoms with van der Waals surface area (Å²) in [5.74, 6) is 0.348. The van der Waals surface area contributed by atoms with E-state index in [0.29, 0.717) is 21.6 Å². The molecule has 0 unspecified atom stereocenters. The Balaban J connectivity index is 1.78. The third-order valence-corrected chi connectivity index (χ3v) is 6.31. The van der Waals surface area contributed by atoms with Crippen molar-refractivity contribution in [1.29, 1.82) is 0 Å². The van der Waals surface area contributed by atoms with Crippen LogP contribution in [0.3, 0.4) is 0 Å². The highest BCUT2D eigenvalue weighted by Gasteiger charge is 2.21. The number of carbonyl (C=O) groups excluding carboxylic acids is 1. The van der Waals surface area contributed by atoms with Gasteiger partial charge in [-0.05, 0) is 66.4 Å². The van der Waals surface area contributed by atoms with Crippen LogP contribution in [0.4, 0.5) is 5.69 Å². The van der Waals surface area contributed by atoms with Gasteiger partial charge in [0.2, 0.25) is 5.82 Å². The van der Waals surface area contributed by atoms with Crippen LogP contribution in [-0.2, 0) is 0 Å². The number of nitrogens with zero attached hydrogens (tertiary/aromatic N) is 3. The Morgan fingerprint density at radius 3 is 2.55 bits per heavy atom. The molecule has 0 aliphatic rings. The minimum atomic E-state index is -0.403. The molecule has 0 saturated carbocycles. The van der Waals surface area contributed by atoms with Crippen molar-refractivity contribution in [1.82, 2.24) is 14.8 Å². The lowest BCUT2D eigenvalue weighted by Gasteiger charge is -2.13. The number of rotatable bonds is 5. The van der Waals surface area contributed by atoms with Gasteiger partial charge in [0.1, 0.15) is 0 Å². The lowest BCUT2D eigenvalue weighted by molar-refractivity contribution is 0.101. The number of amides is 1. The van der Waals surface area contributed by atoms with E-state index in [-0.39, 0.29) is 11.7 Å². The molecular weight excluding hydrogens is 523 g/mol. The van der Waals surface area contributed by atoms with E-state index in [1.54, 1.807) is 22.9 Å². The van der Waals surface area contributed by atoms with E-state index < -0.39 is 5.91 Å². The number of aromatic nitrogens is 3. The van der Waals surface area contributed by atoms with Gasteiger partial charge in [-0.15, -0.1) is 5.10 Å². The maximum atomic E-state index is 13.2. The molecule has 0 aliphatic carbocycles. The average Bonchev–Trinajstić information content (AvgIpc) is 3.22. The van der Waals surface area contributed by atoms with Crippen molar-refractivity contribution in [3.63, 3.8) is 0 Å². The molecule has 1 aromatic heterocycles. The summed E-state index contributed by atoms with van der Waals surface area (Å²) >= 11 is 16.1. The van der Waals surface area contributed by atoms with E-state index >= 15 is 0 Å². The van der Waals surface area contributed by atoms with Crippen LogP contribution in [-0.4, -0.2) is 20.7 Å². The minimum Gasteiger partial charge on any atom is -0.319 e. The highest BCUT2D eigenvalue weighted by atomic mass is 79.9. The fourth-order valence-electron chi connectivity index (χ4n) is 3.42. The molecule has 1 N–H and O–H groups in total. The average molecular weight is 544 g/mol. The Hall–Kier alpha value is -2.67. The summed E-state index contributed by atoms with van der Waals surface area (Å²) in [6.07, 6.45) is 0. The largest absolute Gasteiger partial charge is 0.319 e. The highest BCUT2D eigenvalue weighted by Crippen LogP contribution is 2.29. The number of halogens is 3. The molecule has 1 amide bonds. The van der Waals surface area contributed by atoms with E-state index in [1.165, 1.54) is 0 Å². The molecule has 0 bridgehead atoms. The second-order valence-corrected chi connectivity index (χ2v) is 9.71. The van der Waals surface area contributed by atoms with Crippen molar-refractivity contribution in [2.24, 2.45) is 0 Å². The highest BCUT2D eigenvalue weighted by molar-refractivity contribution is 9.10. The minimum absolute atomic E-state index is 0.0410. The van der Waals surface area contributed by atoms with Crippen molar-refractivity contribution < 1.29 is 4.79 Å². The number of hydrogen-bond acceptors (Lipinski definition) is 3. The summed E-state index contributed by atoms with van der Waals surface area (Å²) in [5, 5.41) is 8.65. The summed E-state index contributed by atoms with van der Waals surface area (Å²) in [5.41, 5.74) is 4.10. The van der Waals surface area contributed by atoms with Crippen LogP contribution in [0.15, 0.2) is 65.1 Å². The first-order chi connectivity index (χ1) is 15.7. The van der Waals surface area contributed by atoms with Gasteiger partial charge < -0.3 is 5.32 Å². The van der Waals surface area contributed by atoms with Crippen LogP contribution in [0.2, 0.25) is 10.0 Å². The Bertz CT molecular complexity index is 1350. The fraction of sp³-hybridized carbons (Fsp3) is 0.160. The second kappa shape index (κ2) is 9.67. The van der Waals surface area contributed by atoms with E-state index in [9.17, 15) is 4.79 Å². The van der Waals surface area contributed by atoms with E-state index in [1.807, 2.05) is 49.4 Å². The zero-order chi connectivity index (χ0) is 23.7. The summed E-state index contributed by atoms with van der Waals surface area (Å²) in [7, 11) is 0. The monoisotopic (exact) mass is 542 g/mol. The van der Waals surface area contributed by atoms with Gasteiger partial charge in [-0.1, -0.05) is 71.2 Å². The van der Waals surface area contributed by atoms with Crippen molar-refractivity contribution in [3.05, 3.63) is 92.1 Å². The number of benzene rings is 3. The molecule has 0 aliphatic heterocycles. The quantitative estimate of drug-likeness (QED) is 0.280.